The average Bonchev–Trinajstić information content (AvgIpc) is 3.74. The molecule has 0 saturated carbocycles. The number of benzene rings is 2. The van der Waals surface area contributed by atoms with Crippen molar-refractivity contribution < 1.29 is 36.6 Å². The van der Waals surface area contributed by atoms with Crippen LogP contribution in [0, 0.1) is 18.2 Å². The van der Waals surface area contributed by atoms with Gasteiger partial charge in [-0.25, -0.2) is 9.07 Å². The normalized spacial score (nSPS) is 17.7. The van der Waals surface area contributed by atoms with Gasteiger partial charge in [0.15, 0.2) is 11.6 Å². The Bertz CT molecular complexity index is 1880. The van der Waals surface area contributed by atoms with Crippen molar-refractivity contribution in [2.75, 3.05) is 43.5 Å². The number of nitrogen functional groups attached to an aromatic ring is 1. The number of unbranched alkanes of at least 4 members (excludes halogenated alkanes) is 1. The Hall–Kier alpha value is -4.92. The number of halogens is 4. The van der Waals surface area contributed by atoms with Crippen LogP contribution in [0.15, 0.2) is 54.7 Å². The van der Waals surface area contributed by atoms with Crippen molar-refractivity contribution in [2.45, 2.75) is 71.2 Å². The van der Waals surface area contributed by atoms with Gasteiger partial charge in [-0.05, 0) is 80.3 Å². The average molecular weight is 726 g/mol. The molecule has 0 bridgehead atoms. The minimum atomic E-state index is -4.88. The van der Waals surface area contributed by atoms with E-state index in [1.54, 1.807) is 32.2 Å². The smallest absolute Gasteiger partial charge is 0.429 e. The lowest BCUT2D eigenvalue weighted by atomic mass is 9.76. The molecule has 11 nitrogen and oxygen atoms in total. The molecule has 0 amide bonds. The third-order valence-corrected chi connectivity index (χ3v) is 9.62. The highest BCUT2D eigenvalue weighted by Gasteiger charge is 2.46. The summed E-state index contributed by atoms with van der Waals surface area (Å²) in [5, 5.41) is 7.66. The predicted octanol–water partition coefficient (Wildman–Crippen LogP) is 6.73. The number of nitrogens with one attached hydrogen (secondary N) is 1. The first-order chi connectivity index (χ1) is 24.9. The molecule has 15 heteroatoms. The maximum atomic E-state index is 15.0. The van der Waals surface area contributed by atoms with Gasteiger partial charge >= 0.3 is 12.1 Å². The minimum absolute atomic E-state index is 0.0893. The first kappa shape index (κ1) is 36.9. The molecule has 6 rings (SSSR count). The Morgan fingerprint density at radius 1 is 1.08 bits per heavy atom. The topological polar surface area (TPSA) is 130 Å². The maximum absolute atomic E-state index is 15.0. The van der Waals surface area contributed by atoms with Crippen LogP contribution in [0.4, 0.5) is 29.3 Å². The molecular weight excluding hydrogens is 682 g/mol. The first-order valence-electron chi connectivity index (χ1n) is 17.5. The molecule has 52 heavy (non-hydrogen) atoms. The number of carbonyl (C=O) groups excluding carboxylic acids is 1. The van der Waals surface area contributed by atoms with Crippen molar-refractivity contribution in [2.24, 2.45) is 5.41 Å². The van der Waals surface area contributed by atoms with Gasteiger partial charge in [-0.3, -0.25) is 4.79 Å². The van der Waals surface area contributed by atoms with Crippen LogP contribution in [-0.2, 0) is 9.53 Å². The summed E-state index contributed by atoms with van der Waals surface area (Å²) in [4.78, 5) is 22.6. The zero-order valence-electron chi connectivity index (χ0n) is 29.4. The molecule has 1 spiro atoms. The fourth-order valence-corrected chi connectivity index (χ4v) is 6.81. The van der Waals surface area contributed by atoms with Crippen molar-refractivity contribution in [3.63, 3.8) is 0 Å². The summed E-state index contributed by atoms with van der Waals surface area (Å²) in [7, 11) is 0. The Morgan fingerprint density at radius 2 is 1.83 bits per heavy atom. The second-order valence-corrected chi connectivity index (χ2v) is 13.4. The Labute approximate surface area is 299 Å². The summed E-state index contributed by atoms with van der Waals surface area (Å²) >= 11 is 0. The van der Waals surface area contributed by atoms with Crippen LogP contribution in [-0.4, -0.2) is 70.8 Å². The van der Waals surface area contributed by atoms with E-state index >= 15 is 0 Å². The molecule has 0 aliphatic carbocycles. The fraction of sp³-hybridized carbons (Fsp3) is 0.459. The highest BCUT2D eigenvalue weighted by atomic mass is 19.4. The van der Waals surface area contributed by atoms with Crippen molar-refractivity contribution in [3.05, 3.63) is 71.8 Å². The first-order valence-corrected chi connectivity index (χ1v) is 17.5. The van der Waals surface area contributed by atoms with Gasteiger partial charge in [0, 0.05) is 37.5 Å². The number of alkyl halides is 3. The van der Waals surface area contributed by atoms with Crippen LogP contribution in [0.1, 0.15) is 63.3 Å². The van der Waals surface area contributed by atoms with Crippen molar-refractivity contribution in [1.29, 1.82) is 0 Å². The highest BCUT2D eigenvalue weighted by Crippen LogP contribution is 2.43. The van der Waals surface area contributed by atoms with Gasteiger partial charge in [-0.2, -0.15) is 28.2 Å². The second-order valence-electron chi connectivity index (χ2n) is 13.4. The SMILES string of the molecule is CCCCOc1ccc(-c2ccc([C@@H](Oc3cc(N4CCC5(CC4)CN[C@H](C(=O)OCC)C5)nc(N)n3)C(F)(F)F)c(-n3ccc(C)n3)c2)cc1F. The third-order valence-electron chi connectivity index (χ3n) is 9.62. The van der Waals surface area contributed by atoms with E-state index in [9.17, 15) is 22.4 Å². The van der Waals surface area contributed by atoms with Gasteiger partial charge < -0.3 is 30.2 Å². The van der Waals surface area contributed by atoms with Crippen LogP contribution in [0.25, 0.3) is 16.8 Å². The predicted molar refractivity (Wildman–Crippen MR) is 187 cm³/mol. The third kappa shape index (κ3) is 8.24. The van der Waals surface area contributed by atoms with Crippen LogP contribution in [0.3, 0.4) is 0 Å². The number of anilines is 2. The maximum Gasteiger partial charge on any atom is 0.429 e. The molecule has 2 aromatic heterocycles. The molecule has 3 N–H and O–H groups in total. The Kier molecular flexibility index (Phi) is 10.9. The summed E-state index contributed by atoms with van der Waals surface area (Å²) in [5.74, 6) is -0.972. The number of esters is 1. The minimum Gasteiger partial charge on any atom is -0.491 e. The lowest BCUT2D eigenvalue weighted by Gasteiger charge is -2.39. The van der Waals surface area contributed by atoms with Gasteiger partial charge in [0.05, 0.1) is 24.6 Å². The molecule has 278 valence electrons. The van der Waals surface area contributed by atoms with Gasteiger partial charge in [0.1, 0.15) is 11.9 Å². The molecule has 2 saturated heterocycles. The number of ether oxygens (including phenoxy) is 3. The van der Waals surface area contributed by atoms with Crippen molar-refractivity contribution >= 4 is 17.7 Å². The molecule has 0 radical (unpaired) electrons. The van der Waals surface area contributed by atoms with Gasteiger partial charge in [0.2, 0.25) is 17.9 Å². The standard InChI is InChI=1S/C37H43F4N7O4/c1-4-6-17-51-30-10-8-24(18-27(30)38)25-7-9-26(29(19-25)48-14-11-23(3)46-48)33(37(39,40)41)52-32-20-31(44-35(42)45-32)47-15-12-36(13-16-47)21-28(43-22-36)34(49)50-5-2/h7-11,14,18-20,28,33,43H,4-6,12-13,15-17,21-22H2,1-3H3,(H2,42,44,45)/t28-,33+/m0/s1. The van der Waals surface area contributed by atoms with E-state index in [2.05, 4.69) is 20.4 Å². The number of carbonyl (C=O) groups is 1. The number of piperidine rings is 1. The van der Waals surface area contributed by atoms with E-state index in [1.807, 2.05) is 11.8 Å². The fourth-order valence-electron chi connectivity index (χ4n) is 6.81. The zero-order valence-corrected chi connectivity index (χ0v) is 29.4. The lowest BCUT2D eigenvalue weighted by molar-refractivity contribution is -0.198. The van der Waals surface area contributed by atoms with Gasteiger partial charge in [-0.15, -0.1) is 0 Å². The van der Waals surface area contributed by atoms with E-state index in [0.717, 1.165) is 25.7 Å². The molecule has 2 aliphatic rings. The van der Waals surface area contributed by atoms with E-state index in [4.69, 9.17) is 19.9 Å². The van der Waals surface area contributed by atoms with E-state index in [0.29, 0.717) is 61.9 Å². The summed E-state index contributed by atoms with van der Waals surface area (Å²) in [6, 6.07) is 11.4. The largest absolute Gasteiger partial charge is 0.491 e. The molecule has 2 fully saturated rings. The molecule has 4 heterocycles. The molecule has 0 unspecified atom stereocenters. The lowest BCUT2D eigenvalue weighted by Crippen LogP contribution is -2.41. The van der Waals surface area contributed by atoms with Crippen LogP contribution >= 0.6 is 0 Å². The van der Waals surface area contributed by atoms with Gasteiger partial charge in [-0.1, -0.05) is 31.5 Å². The number of rotatable bonds is 12. The number of nitrogens with zero attached hydrogens (tertiary/aromatic N) is 5. The monoisotopic (exact) mass is 725 g/mol. The molecule has 2 atom stereocenters. The van der Waals surface area contributed by atoms with E-state index in [-0.39, 0.29) is 46.3 Å². The molecule has 2 aliphatic heterocycles. The molecular formula is C37H43F4N7O4. The van der Waals surface area contributed by atoms with Crippen molar-refractivity contribution in [3.8, 4) is 28.4 Å². The van der Waals surface area contributed by atoms with Crippen LogP contribution < -0.4 is 25.4 Å². The molecule has 2 aromatic carbocycles. The second kappa shape index (κ2) is 15.4. The van der Waals surface area contributed by atoms with Crippen molar-refractivity contribution in [1.82, 2.24) is 25.1 Å². The summed E-state index contributed by atoms with van der Waals surface area (Å²) in [5.41, 5.74) is 7.28. The van der Waals surface area contributed by atoms with Crippen LogP contribution in [0.5, 0.6) is 11.6 Å². The number of nitrogens with two attached hydrogens (primary N) is 1. The molecule has 4 aromatic rings. The highest BCUT2D eigenvalue weighted by molar-refractivity contribution is 5.76. The number of hydrogen-bond donors (Lipinski definition) is 2. The zero-order chi connectivity index (χ0) is 37.0. The van der Waals surface area contributed by atoms with Gasteiger partial charge in [0.25, 0.3) is 0 Å². The Morgan fingerprint density at radius 3 is 2.50 bits per heavy atom. The summed E-state index contributed by atoms with van der Waals surface area (Å²) in [6.07, 6.45) is -2.01. The summed E-state index contributed by atoms with van der Waals surface area (Å²) in [6.45, 7) is 7.95. The quantitative estimate of drug-likeness (QED) is 0.0922. The Balaban J connectivity index is 1.26. The number of aromatic nitrogens is 4. The van der Waals surface area contributed by atoms with Crippen LogP contribution in [0.2, 0.25) is 0 Å². The van der Waals surface area contributed by atoms with E-state index in [1.165, 1.54) is 41.1 Å². The number of hydrogen-bond acceptors (Lipinski definition) is 10. The summed E-state index contributed by atoms with van der Waals surface area (Å²) < 4.78 is 77.6. The number of aryl methyl sites for hydroxylation is 1. The van der Waals surface area contributed by atoms with E-state index < -0.39 is 18.1 Å².